The number of amides is 14. The van der Waals surface area contributed by atoms with E-state index in [1.807, 2.05) is 52.0 Å². The number of rotatable bonds is 63. The summed E-state index contributed by atoms with van der Waals surface area (Å²) < 4.78 is 0. The van der Waals surface area contributed by atoms with Crippen molar-refractivity contribution in [1.82, 2.24) is 79.4 Å². The van der Waals surface area contributed by atoms with Gasteiger partial charge in [-0.3, -0.25) is 67.1 Å². The van der Waals surface area contributed by atoms with Crippen molar-refractivity contribution in [2.75, 3.05) is 39.3 Å². The van der Waals surface area contributed by atoms with Crippen LogP contribution >= 0.6 is 0 Å². The summed E-state index contributed by atoms with van der Waals surface area (Å²) in [5, 5.41) is 48.9. The molecule has 126 heavy (non-hydrogen) atoms. The number of nitrogens with one attached hydrogen (secondary N) is 15. The summed E-state index contributed by atoms with van der Waals surface area (Å²) in [5.74, 6) is -14.0. The van der Waals surface area contributed by atoms with E-state index < -0.39 is 198 Å². The van der Waals surface area contributed by atoms with Gasteiger partial charge in [-0.25, -0.2) is 4.79 Å². The quantitative estimate of drug-likeness (QED) is 0.0350. The van der Waals surface area contributed by atoms with Crippen molar-refractivity contribution in [3.05, 3.63) is 71.9 Å². The molecule has 1 aromatic heterocycles. The van der Waals surface area contributed by atoms with Crippen molar-refractivity contribution < 1.29 is 77.0 Å². The standard InChI is InChI=1S/C89H151N21O16/c1-14-56(12)75(86(122)97-50-72(111)98-57(13)76(112)108-73(54(8)9)87(123)106-68(45-52(4)5)82(118)102-65(37-23-28-42-93)80(116)109-74(55(10)11)88(124)107-71(89(125)126)46-53(6)7)110-81(117)66(38-24-29-43-94)99-78(114)63(35-21-26-40-91)100-84(120)69(47-58-30-16-15-17-31-58)105-83(119)67(44-51(2)3)104-79(115)64(36-22-27-41-92)101-85(121)70(103-77(113)61(95)33-20-25-39-90)48-59-49-96-62-34-19-18-32-60(59)62/h15-19,30-32,34,49,51-57,61,63-71,73-75,96H,14,20-29,33,35-48,50,90-95H2,1-13H3,(H,97,122)(H,98,111)(H,99,114)(H,100,120)(H,101,121)(H,102,118)(H,103,113)(H,104,115)(H,105,119)(H,106,123)(H,107,124)(H,108,112)(H,109,116)(H,110,117)(H,125,126)/t56-,57+,61+,63+,64+,65+,66+,67+,68+,69+,70+,71+,73+,74+,75+/m0/s1. The maximum atomic E-state index is 15.0. The van der Waals surface area contributed by atoms with E-state index in [0.717, 1.165) is 10.9 Å². The third-order valence-electron chi connectivity index (χ3n) is 21.8. The Labute approximate surface area is 743 Å². The molecule has 0 aliphatic carbocycles. The highest BCUT2D eigenvalue weighted by molar-refractivity contribution is 6.00. The highest BCUT2D eigenvalue weighted by Gasteiger charge is 2.39. The van der Waals surface area contributed by atoms with Crippen molar-refractivity contribution in [2.45, 2.75) is 309 Å². The van der Waals surface area contributed by atoms with Gasteiger partial charge in [0.1, 0.15) is 78.5 Å². The fraction of sp³-hybridized carbons (Fsp3) is 0.674. The zero-order valence-electron chi connectivity index (χ0n) is 76.4. The summed E-state index contributed by atoms with van der Waals surface area (Å²) >= 11 is 0. The molecule has 3 rings (SSSR count). The number of hydrogen-bond acceptors (Lipinski definition) is 21. The normalized spacial score (nSPS) is 15.1. The Bertz CT molecular complexity index is 3920. The molecular formula is C89H151N21O16. The van der Waals surface area contributed by atoms with Gasteiger partial charge in [-0.05, 0) is 202 Å². The van der Waals surface area contributed by atoms with Gasteiger partial charge in [0.25, 0.3) is 0 Å². The van der Waals surface area contributed by atoms with E-state index in [9.17, 15) is 72.2 Å². The number of unbranched alkanes of at least 4 members (excludes halogenated alkanes) is 5. The summed E-state index contributed by atoms with van der Waals surface area (Å²) in [6.07, 6.45) is 7.21. The summed E-state index contributed by atoms with van der Waals surface area (Å²) in [4.78, 5) is 216. The Morgan fingerprint density at radius 1 is 0.349 bits per heavy atom. The van der Waals surface area contributed by atoms with E-state index in [-0.39, 0.29) is 102 Å². The number of aromatic amines is 1. The van der Waals surface area contributed by atoms with E-state index in [0.29, 0.717) is 94.7 Å². The average molecular weight is 1770 g/mol. The van der Waals surface area contributed by atoms with E-state index in [1.54, 1.807) is 91.9 Å². The van der Waals surface area contributed by atoms with Crippen LogP contribution in [0.3, 0.4) is 0 Å². The Kier molecular flexibility index (Phi) is 51.4. The topological polar surface area (TPSA) is 617 Å². The molecule has 28 N–H and O–H groups in total. The maximum Gasteiger partial charge on any atom is 0.326 e. The van der Waals surface area contributed by atoms with Crippen LogP contribution in [0.25, 0.3) is 10.9 Å². The van der Waals surface area contributed by atoms with Gasteiger partial charge < -0.3 is 119 Å². The highest BCUT2D eigenvalue weighted by Crippen LogP contribution is 2.22. The van der Waals surface area contributed by atoms with Crippen LogP contribution in [-0.4, -0.2) is 223 Å². The molecule has 0 aliphatic rings. The second-order valence-electron chi connectivity index (χ2n) is 34.9. The number of aromatic nitrogens is 1. The van der Waals surface area contributed by atoms with Crippen molar-refractivity contribution in [2.24, 2.45) is 69.9 Å². The molecule has 37 heteroatoms. The Morgan fingerprint density at radius 2 is 0.690 bits per heavy atom. The first-order valence-corrected chi connectivity index (χ1v) is 45.0. The van der Waals surface area contributed by atoms with Crippen molar-refractivity contribution >= 4 is 99.6 Å². The molecule has 0 unspecified atom stereocenters. The number of carbonyl (C=O) groups excluding carboxylic acids is 14. The monoisotopic (exact) mass is 1770 g/mol. The number of fused-ring (bicyclic) bond motifs is 1. The number of para-hydroxylation sites is 1. The molecule has 1 heterocycles. The molecule has 0 spiro atoms. The number of H-pyrrole nitrogens is 1. The Hall–Kier alpha value is -10.2. The molecule has 14 amide bonds. The van der Waals surface area contributed by atoms with Gasteiger partial charge >= 0.3 is 5.97 Å². The zero-order valence-corrected chi connectivity index (χ0v) is 76.4. The second-order valence-corrected chi connectivity index (χ2v) is 34.9. The Balaban J connectivity index is 1.87. The van der Waals surface area contributed by atoms with Crippen LogP contribution in [-0.2, 0) is 84.8 Å². The number of carboxylic acids is 1. The fourth-order valence-electron chi connectivity index (χ4n) is 14.2. The summed E-state index contributed by atoms with van der Waals surface area (Å²) in [6, 6.07) is -1.37. The number of carbonyl (C=O) groups is 15. The van der Waals surface area contributed by atoms with Crippen molar-refractivity contribution in [3.8, 4) is 0 Å². The molecule has 2 aromatic carbocycles. The molecular weight excluding hydrogens is 1620 g/mol. The van der Waals surface area contributed by atoms with Crippen LogP contribution in [0, 0.1) is 35.5 Å². The van der Waals surface area contributed by atoms with Gasteiger partial charge in [-0.1, -0.05) is 144 Å². The highest BCUT2D eigenvalue weighted by atomic mass is 16.4. The average Bonchev–Trinajstić information content (AvgIpc) is 1.76. The Morgan fingerprint density at radius 3 is 1.11 bits per heavy atom. The first-order valence-electron chi connectivity index (χ1n) is 45.0. The van der Waals surface area contributed by atoms with Gasteiger partial charge in [0.2, 0.25) is 82.7 Å². The van der Waals surface area contributed by atoms with Crippen LogP contribution in [0.2, 0.25) is 0 Å². The molecule has 708 valence electrons. The van der Waals surface area contributed by atoms with Crippen molar-refractivity contribution in [1.29, 1.82) is 0 Å². The molecule has 0 saturated heterocycles. The molecule has 0 radical (unpaired) electrons. The van der Waals surface area contributed by atoms with Crippen LogP contribution < -0.4 is 109 Å². The molecule has 0 bridgehead atoms. The smallest absolute Gasteiger partial charge is 0.326 e. The maximum absolute atomic E-state index is 15.0. The number of benzene rings is 2. The van der Waals surface area contributed by atoms with Gasteiger partial charge in [0.15, 0.2) is 0 Å². The summed E-state index contributed by atoms with van der Waals surface area (Å²) in [7, 11) is 0. The molecule has 15 atom stereocenters. The van der Waals surface area contributed by atoms with E-state index in [2.05, 4.69) is 79.4 Å². The largest absolute Gasteiger partial charge is 0.480 e. The minimum Gasteiger partial charge on any atom is -0.480 e. The minimum absolute atomic E-state index is 0.00952. The predicted molar refractivity (Wildman–Crippen MR) is 484 cm³/mol. The molecule has 0 saturated carbocycles. The molecule has 37 nitrogen and oxygen atoms in total. The zero-order chi connectivity index (χ0) is 94.3. The number of carboxylic acid groups (broad SMARTS) is 1. The van der Waals surface area contributed by atoms with Gasteiger partial charge in [-0.2, -0.15) is 0 Å². The molecule has 0 aliphatic heterocycles. The first kappa shape index (κ1) is 110. The summed E-state index contributed by atoms with van der Waals surface area (Å²) in [6.45, 7) is 23.1. The third-order valence-corrected chi connectivity index (χ3v) is 21.8. The number of aliphatic carboxylic acids is 1. The van der Waals surface area contributed by atoms with Crippen LogP contribution in [0.15, 0.2) is 60.8 Å². The lowest BCUT2D eigenvalue weighted by Crippen LogP contribution is -2.61. The van der Waals surface area contributed by atoms with Crippen molar-refractivity contribution in [3.63, 3.8) is 0 Å². The predicted octanol–water partition coefficient (Wildman–Crippen LogP) is 0.945. The van der Waals surface area contributed by atoms with Crippen LogP contribution in [0.5, 0.6) is 0 Å². The fourth-order valence-corrected chi connectivity index (χ4v) is 14.2. The SMILES string of the molecule is CC[C@H](C)[C@@H](NC(=O)[C@@H](CCCCN)NC(=O)[C@@H](CCCCN)NC(=O)[C@@H](Cc1ccccc1)NC(=O)[C@@H](CC(C)C)NC(=O)[C@@H](CCCCN)NC(=O)[C@@H](Cc1c[nH]c2ccccc12)NC(=O)[C@H](N)CCCCN)C(=O)NCC(=O)N[C@H](C)C(=O)N[C@@H](C(=O)N[C@H](CC(C)C)C(=O)N[C@H](CCCCN)C(=O)N[C@@H](C(=O)N[C@H](CC(C)C)C(=O)O)C(C)C)C(C)C. The lowest BCUT2D eigenvalue weighted by Gasteiger charge is -2.29. The van der Waals surface area contributed by atoms with Crippen LogP contribution in [0.1, 0.15) is 223 Å². The number of nitrogens with two attached hydrogens (primary N) is 6. The summed E-state index contributed by atoms with van der Waals surface area (Å²) in [5.41, 5.74) is 37.7. The lowest BCUT2D eigenvalue weighted by atomic mass is 9.97. The van der Waals surface area contributed by atoms with Gasteiger partial charge in [0.05, 0.1) is 12.6 Å². The van der Waals surface area contributed by atoms with Gasteiger partial charge in [-0.15, -0.1) is 0 Å². The van der Waals surface area contributed by atoms with Gasteiger partial charge in [0, 0.05) is 29.9 Å². The lowest BCUT2D eigenvalue weighted by molar-refractivity contribution is -0.143. The van der Waals surface area contributed by atoms with E-state index in [4.69, 9.17) is 34.4 Å². The second kappa shape index (κ2) is 58.9. The first-order chi connectivity index (χ1) is 59.7. The van der Waals surface area contributed by atoms with E-state index in [1.165, 1.54) is 6.92 Å². The molecule has 0 fully saturated rings. The third kappa shape index (κ3) is 40.2. The van der Waals surface area contributed by atoms with Crippen LogP contribution in [0.4, 0.5) is 0 Å². The molecule has 3 aromatic rings. The minimum atomic E-state index is -1.39. The van der Waals surface area contributed by atoms with E-state index >= 15 is 4.79 Å². The number of hydrogen-bond donors (Lipinski definition) is 22.